The predicted molar refractivity (Wildman–Crippen MR) is 72.0 cm³/mol. The van der Waals surface area contributed by atoms with Gasteiger partial charge in [-0.05, 0) is 18.6 Å². The fourth-order valence-corrected chi connectivity index (χ4v) is 2.83. The van der Waals surface area contributed by atoms with Crippen LogP contribution in [0.3, 0.4) is 0 Å². The molecule has 19 heavy (non-hydrogen) atoms. The van der Waals surface area contributed by atoms with Crippen LogP contribution in [-0.4, -0.2) is 55.3 Å². The summed E-state index contributed by atoms with van der Waals surface area (Å²) in [6, 6.07) is 6.50. The minimum Gasteiger partial charge on any atom is -0.379 e. The summed E-state index contributed by atoms with van der Waals surface area (Å²) in [7, 11) is 0. The van der Waals surface area contributed by atoms with Gasteiger partial charge in [-0.2, -0.15) is 5.26 Å². The Balaban J connectivity index is 1.63. The Hall–Kier alpha value is -1.64. The highest BCUT2D eigenvalue weighted by molar-refractivity contribution is 5.43. The van der Waals surface area contributed by atoms with Gasteiger partial charge in [0.2, 0.25) is 0 Å². The van der Waals surface area contributed by atoms with E-state index in [1.807, 2.05) is 12.1 Å². The van der Waals surface area contributed by atoms with Gasteiger partial charge in [0, 0.05) is 38.4 Å². The van der Waals surface area contributed by atoms with Gasteiger partial charge in [-0.3, -0.25) is 4.90 Å². The second kappa shape index (κ2) is 5.55. The average Bonchev–Trinajstić information content (AvgIpc) is 2.98. The minimum absolute atomic E-state index is 0.612. The minimum atomic E-state index is 0.612. The lowest BCUT2D eigenvalue weighted by Crippen LogP contribution is -2.44. The van der Waals surface area contributed by atoms with Crippen LogP contribution in [0.25, 0.3) is 0 Å². The van der Waals surface area contributed by atoms with E-state index in [9.17, 15) is 0 Å². The number of hydrogen-bond donors (Lipinski definition) is 0. The van der Waals surface area contributed by atoms with Crippen LogP contribution in [0.5, 0.6) is 0 Å². The summed E-state index contributed by atoms with van der Waals surface area (Å²) in [5.74, 6) is 0.981. The number of nitriles is 1. The zero-order valence-corrected chi connectivity index (χ0v) is 11.0. The maximum Gasteiger partial charge on any atom is 0.128 e. The van der Waals surface area contributed by atoms with Crippen molar-refractivity contribution in [2.45, 2.75) is 12.5 Å². The summed E-state index contributed by atoms with van der Waals surface area (Å²) in [4.78, 5) is 9.20. The van der Waals surface area contributed by atoms with E-state index in [-0.39, 0.29) is 0 Å². The summed E-state index contributed by atoms with van der Waals surface area (Å²) in [5.41, 5.74) is 0.618. The number of ether oxygens (including phenoxy) is 1. The van der Waals surface area contributed by atoms with E-state index < -0.39 is 0 Å². The Morgan fingerprint density at radius 2 is 2.11 bits per heavy atom. The Bertz CT molecular complexity index is 461. The second-order valence-electron chi connectivity index (χ2n) is 5.05. The van der Waals surface area contributed by atoms with E-state index in [2.05, 4.69) is 20.9 Å². The molecule has 2 aliphatic heterocycles. The van der Waals surface area contributed by atoms with Crippen LogP contribution in [0.15, 0.2) is 18.3 Å². The molecule has 0 saturated carbocycles. The smallest absolute Gasteiger partial charge is 0.128 e. The molecule has 0 aliphatic carbocycles. The molecule has 1 aromatic heterocycles. The number of hydrogen-bond acceptors (Lipinski definition) is 5. The van der Waals surface area contributed by atoms with Gasteiger partial charge >= 0.3 is 0 Å². The van der Waals surface area contributed by atoms with Gasteiger partial charge in [0.15, 0.2) is 0 Å². The van der Waals surface area contributed by atoms with Crippen LogP contribution in [0, 0.1) is 11.3 Å². The summed E-state index contributed by atoms with van der Waals surface area (Å²) >= 11 is 0. The van der Waals surface area contributed by atoms with Crippen LogP contribution < -0.4 is 4.90 Å². The van der Waals surface area contributed by atoms with Gasteiger partial charge in [0.05, 0.1) is 18.8 Å². The van der Waals surface area contributed by atoms with Crippen LogP contribution in [0.2, 0.25) is 0 Å². The Morgan fingerprint density at radius 1 is 1.26 bits per heavy atom. The van der Waals surface area contributed by atoms with E-state index in [1.54, 1.807) is 6.20 Å². The van der Waals surface area contributed by atoms with Crippen molar-refractivity contribution in [3.05, 3.63) is 23.9 Å². The largest absolute Gasteiger partial charge is 0.379 e. The maximum absolute atomic E-state index is 8.78. The molecule has 0 bridgehead atoms. The van der Waals surface area contributed by atoms with Crippen LogP contribution in [0.4, 0.5) is 5.82 Å². The highest BCUT2D eigenvalue weighted by Gasteiger charge is 2.29. The van der Waals surface area contributed by atoms with Gasteiger partial charge < -0.3 is 9.64 Å². The monoisotopic (exact) mass is 258 g/mol. The van der Waals surface area contributed by atoms with Crippen LogP contribution in [0.1, 0.15) is 12.0 Å². The van der Waals surface area contributed by atoms with Crippen LogP contribution in [-0.2, 0) is 4.74 Å². The quantitative estimate of drug-likeness (QED) is 0.787. The molecule has 0 radical (unpaired) electrons. The molecule has 100 valence electrons. The summed E-state index contributed by atoms with van der Waals surface area (Å²) in [5, 5.41) is 8.78. The van der Waals surface area contributed by atoms with Crippen molar-refractivity contribution < 1.29 is 4.74 Å². The fourth-order valence-electron chi connectivity index (χ4n) is 2.83. The molecule has 2 fully saturated rings. The maximum atomic E-state index is 8.78. The molecule has 0 amide bonds. The molecule has 2 aliphatic rings. The standard InChI is InChI=1S/C14H18N4O/c15-9-12-1-2-14(16-10-12)18-4-3-13(11-18)17-5-7-19-8-6-17/h1-2,10,13H,3-8,11H2. The lowest BCUT2D eigenvalue weighted by atomic mass is 10.2. The van der Waals surface area contributed by atoms with Gasteiger partial charge in [-0.15, -0.1) is 0 Å². The Kier molecular flexibility index (Phi) is 3.62. The molecule has 1 atom stereocenters. The highest BCUT2D eigenvalue weighted by atomic mass is 16.5. The van der Waals surface area contributed by atoms with E-state index in [0.717, 1.165) is 45.2 Å². The van der Waals surface area contributed by atoms with Crippen molar-refractivity contribution in [1.82, 2.24) is 9.88 Å². The Morgan fingerprint density at radius 3 is 2.79 bits per heavy atom. The molecule has 3 rings (SSSR count). The fraction of sp³-hybridized carbons (Fsp3) is 0.571. The highest BCUT2D eigenvalue weighted by Crippen LogP contribution is 2.22. The first kappa shape index (κ1) is 12.4. The number of pyridine rings is 1. The summed E-state index contributed by atoms with van der Waals surface area (Å²) in [6.45, 7) is 5.86. The predicted octanol–water partition coefficient (Wildman–Crippen LogP) is 0.864. The third-order valence-corrected chi connectivity index (χ3v) is 3.93. The molecule has 5 nitrogen and oxygen atoms in total. The molecule has 0 N–H and O–H groups in total. The van der Waals surface area contributed by atoms with Crippen molar-refractivity contribution in [3.63, 3.8) is 0 Å². The third-order valence-electron chi connectivity index (χ3n) is 3.93. The number of aromatic nitrogens is 1. The van der Waals surface area contributed by atoms with E-state index >= 15 is 0 Å². The van der Waals surface area contributed by atoms with Crippen LogP contribution >= 0.6 is 0 Å². The van der Waals surface area contributed by atoms with Crippen molar-refractivity contribution in [2.75, 3.05) is 44.3 Å². The molecule has 0 aromatic carbocycles. The lowest BCUT2D eigenvalue weighted by molar-refractivity contribution is 0.0209. The normalized spacial score (nSPS) is 24.4. The molecule has 1 unspecified atom stereocenters. The molecule has 5 heteroatoms. The Labute approximate surface area is 113 Å². The van der Waals surface area contributed by atoms with Crippen molar-refractivity contribution in [2.24, 2.45) is 0 Å². The molecule has 3 heterocycles. The first-order valence-electron chi connectivity index (χ1n) is 6.80. The first-order valence-corrected chi connectivity index (χ1v) is 6.80. The third kappa shape index (κ3) is 2.70. The summed E-state index contributed by atoms with van der Waals surface area (Å²) in [6.07, 6.45) is 2.83. The number of nitrogens with zero attached hydrogens (tertiary/aromatic N) is 4. The van der Waals surface area contributed by atoms with E-state index in [0.29, 0.717) is 11.6 Å². The zero-order valence-electron chi connectivity index (χ0n) is 11.0. The van der Waals surface area contributed by atoms with Crippen molar-refractivity contribution in [3.8, 4) is 6.07 Å². The van der Waals surface area contributed by atoms with Crippen molar-refractivity contribution in [1.29, 1.82) is 5.26 Å². The number of rotatable bonds is 2. The van der Waals surface area contributed by atoms with Crippen molar-refractivity contribution >= 4 is 5.82 Å². The van der Waals surface area contributed by atoms with E-state index in [4.69, 9.17) is 10.00 Å². The molecule has 0 spiro atoms. The first-order chi connectivity index (χ1) is 9.36. The van der Waals surface area contributed by atoms with Gasteiger partial charge in [0.25, 0.3) is 0 Å². The molecular weight excluding hydrogens is 240 g/mol. The van der Waals surface area contributed by atoms with Gasteiger partial charge in [0.1, 0.15) is 11.9 Å². The second-order valence-corrected chi connectivity index (χ2v) is 5.05. The topological polar surface area (TPSA) is 52.4 Å². The average molecular weight is 258 g/mol. The molecule has 1 aromatic rings. The van der Waals surface area contributed by atoms with E-state index in [1.165, 1.54) is 6.42 Å². The van der Waals surface area contributed by atoms with Gasteiger partial charge in [-0.25, -0.2) is 4.98 Å². The lowest BCUT2D eigenvalue weighted by Gasteiger charge is -2.32. The summed E-state index contributed by atoms with van der Waals surface area (Å²) < 4.78 is 5.40. The molecular formula is C14H18N4O. The molecule has 2 saturated heterocycles. The number of anilines is 1. The number of morpholine rings is 1. The SMILES string of the molecule is N#Cc1ccc(N2CCC(N3CCOCC3)C2)nc1. The zero-order chi connectivity index (χ0) is 13.1. The van der Waals surface area contributed by atoms with Gasteiger partial charge in [-0.1, -0.05) is 0 Å².